The van der Waals surface area contributed by atoms with Gasteiger partial charge in [-0.05, 0) is 25.1 Å². The number of aliphatic hydroxyl groups excluding tert-OH is 2. The van der Waals surface area contributed by atoms with Crippen molar-refractivity contribution < 1.29 is 14.9 Å². The smallest absolute Gasteiger partial charge is 0.125 e. The van der Waals surface area contributed by atoms with Crippen LogP contribution in [0.5, 0.6) is 5.75 Å². The average molecular weight is 290 g/mol. The Labute approximate surface area is 103 Å². The van der Waals surface area contributed by atoms with Crippen LogP contribution in [0.1, 0.15) is 18.1 Å². The van der Waals surface area contributed by atoms with E-state index < -0.39 is 12.2 Å². The molecule has 0 saturated heterocycles. The summed E-state index contributed by atoms with van der Waals surface area (Å²) in [6.07, 6.45) is -1.51. The first-order chi connectivity index (χ1) is 7.60. The molecular weight excluding hydrogens is 274 g/mol. The number of benzene rings is 1. The molecule has 2 unspecified atom stereocenters. The van der Waals surface area contributed by atoms with Gasteiger partial charge in [-0.1, -0.05) is 22.0 Å². The molecule has 0 aliphatic rings. The van der Waals surface area contributed by atoms with Crippen LogP contribution >= 0.6 is 15.9 Å². The van der Waals surface area contributed by atoms with Crippen LogP contribution in [0.15, 0.2) is 22.7 Å². The lowest BCUT2D eigenvalue weighted by Gasteiger charge is -2.19. The third-order valence-corrected chi connectivity index (χ3v) is 2.83. The Morgan fingerprint density at radius 3 is 2.69 bits per heavy atom. The molecule has 0 bridgehead atoms. The quantitative estimate of drug-likeness (QED) is 0.761. The van der Waals surface area contributed by atoms with Gasteiger partial charge < -0.3 is 20.7 Å². The number of methoxy groups -OCH3 is 1. The fraction of sp³-hybridized carbons (Fsp3) is 0.455. The molecule has 16 heavy (non-hydrogen) atoms. The summed E-state index contributed by atoms with van der Waals surface area (Å²) in [5.41, 5.74) is 5.89. The van der Waals surface area contributed by atoms with Gasteiger partial charge >= 0.3 is 0 Å². The zero-order chi connectivity index (χ0) is 12.1. The van der Waals surface area contributed by atoms with Crippen LogP contribution in [0.25, 0.3) is 0 Å². The number of nitrogens with two attached hydrogens (primary N) is 1. The molecule has 0 spiro atoms. The summed E-state index contributed by atoms with van der Waals surface area (Å²) < 4.78 is 6.00. The third kappa shape index (κ3) is 3.18. The fourth-order valence-electron chi connectivity index (χ4n) is 1.47. The second-order valence-electron chi connectivity index (χ2n) is 3.48. The van der Waals surface area contributed by atoms with Crippen molar-refractivity contribution in [3.63, 3.8) is 0 Å². The Morgan fingerprint density at radius 1 is 1.44 bits per heavy atom. The summed E-state index contributed by atoms with van der Waals surface area (Å²) in [6, 6.07) is 5.25. The van der Waals surface area contributed by atoms with Crippen molar-refractivity contribution >= 4 is 15.9 Å². The van der Waals surface area contributed by atoms with E-state index in [9.17, 15) is 10.2 Å². The highest BCUT2D eigenvalue weighted by Gasteiger charge is 2.21. The highest BCUT2D eigenvalue weighted by atomic mass is 79.9. The maximum absolute atomic E-state index is 9.92. The van der Waals surface area contributed by atoms with Gasteiger partial charge in [0.15, 0.2) is 0 Å². The molecule has 4 nitrogen and oxygen atoms in total. The van der Waals surface area contributed by atoms with E-state index in [-0.39, 0.29) is 0 Å². The standard InChI is InChI=1S/C11H16BrNO3/c1-16-10-6-7(12)2-3-8(10)11(15)9(14)4-5-13/h2-3,6,9,11,14-15H,4-5,13H2,1H3. The lowest BCUT2D eigenvalue weighted by Crippen LogP contribution is -2.22. The van der Waals surface area contributed by atoms with Crippen molar-refractivity contribution in [1.82, 2.24) is 0 Å². The zero-order valence-corrected chi connectivity index (χ0v) is 10.6. The highest BCUT2D eigenvalue weighted by Crippen LogP contribution is 2.30. The molecule has 90 valence electrons. The van der Waals surface area contributed by atoms with Gasteiger partial charge in [-0.2, -0.15) is 0 Å². The van der Waals surface area contributed by atoms with Gasteiger partial charge in [0.25, 0.3) is 0 Å². The Bertz CT molecular complexity index is 346. The van der Waals surface area contributed by atoms with Crippen LogP contribution in [0, 0.1) is 0 Å². The van der Waals surface area contributed by atoms with Crippen molar-refractivity contribution in [2.45, 2.75) is 18.6 Å². The molecular formula is C11H16BrNO3. The fourth-order valence-corrected chi connectivity index (χ4v) is 1.81. The average Bonchev–Trinajstić information content (AvgIpc) is 2.28. The highest BCUT2D eigenvalue weighted by molar-refractivity contribution is 9.10. The van der Waals surface area contributed by atoms with Crippen molar-refractivity contribution in [2.75, 3.05) is 13.7 Å². The van der Waals surface area contributed by atoms with Gasteiger partial charge in [0.1, 0.15) is 11.9 Å². The Hall–Kier alpha value is -0.620. The Kier molecular flexibility index (Phi) is 5.21. The maximum Gasteiger partial charge on any atom is 0.125 e. The monoisotopic (exact) mass is 289 g/mol. The lowest BCUT2D eigenvalue weighted by atomic mass is 10.0. The molecule has 0 aliphatic carbocycles. The van der Waals surface area contributed by atoms with Gasteiger partial charge in [0.05, 0.1) is 13.2 Å². The van der Waals surface area contributed by atoms with Gasteiger partial charge in [-0.25, -0.2) is 0 Å². The summed E-state index contributed by atoms with van der Waals surface area (Å²) in [6.45, 7) is 0.330. The molecule has 0 amide bonds. The van der Waals surface area contributed by atoms with Crippen LogP contribution in [-0.2, 0) is 0 Å². The van der Waals surface area contributed by atoms with Crippen LogP contribution in [0.2, 0.25) is 0 Å². The predicted molar refractivity (Wildman–Crippen MR) is 65.3 cm³/mol. The summed E-state index contributed by atoms with van der Waals surface area (Å²) in [4.78, 5) is 0. The SMILES string of the molecule is COc1cc(Br)ccc1C(O)C(O)CCN. The molecule has 0 aliphatic heterocycles. The Balaban J connectivity index is 2.93. The zero-order valence-electron chi connectivity index (χ0n) is 9.06. The van der Waals surface area contributed by atoms with E-state index in [4.69, 9.17) is 10.5 Å². The minimum absolute atomic E-state index is 0.330. The molecule has 1 aromatic rings. The summed E-state index contributed by atoms with van der Waals surface area (Å²) in [5, 5.41) is 19.6. The number of ether oxygens (including phenoxy) is 1. The van der Waals surface area contributed by atoms with Crippen molar-refractivity contribution in [3.8, 4) is 5.75 Å². The van der Waals surface area contributed by atoms with Crippen LogP contribution in [-0.4, -0.2) is 30.0 Å². The number of hydrogen-bond acceptors (Lipinski definition) is 4. The van der Waals surface area contributed by atoms with Crippen molar-refractivity contribution in [3.05, 3.63) is 28.2 Å². The third-order valence-electron chi connectivity index (χ3n) is 2.34. The number of halogens is 1. The van der Waals surface area contributed by atoms with Crippen molar-refractivity contribution in [1.29, 1.82) is 0 Å². The predicted octanol–water partition coefficient (Wildman–Crippen LogP) is 1.20. The van der Waals surface area contributed by atoms with Gasteiger partial charge in [-0.15, -0.1) is 0 Å². The molecule has 4 N–H and O–H groups in total. The maximum atomic E-state index is 9.92. The largest absolute Gasteiger partial charge is 0.496 e. The second-order valence-corrected chi connectivity index (χ2v) is 4.39. The summed E-state index contributed by atoms with van der Waals surface area (Å²) in [5.74, 6) is 0.540. The van der Waals surface area contributed by atoms with E-state index in [1.807, 2.05) is 0 Å². The number of rotatable bonds is 5. The van der Waals surface area contributed by atoms with E-state index >= 15 is 0 Å². The van der Waals surface area contributed by atoms with E-state index in [0.29, 0.717) is 24.3 Å². The molecule has 0 saturated carbocycles. The number of aliphatic hydroxyl groups is 2. The molecule has 0 aromatic heterocycles. The molecule has 1 aromatic carbocycles. The van der Waals surface area contributed by atoms with Crippen LogP contribution < -0.4 is 10.5 Å². The van der Waals surface area contributed by atoms with E-state index in [1.54, 1.807) is 18.2 Å². The molecule has 0 radical (unpaired) electrons. The first-order valence-corrected chi connectivity index (χ1v) is 5.79. The minimum atomic E-state index is -0.980. The van der Waals surface area contributed by atoms with Gasteiger partial charge in [0.2, 0.25) is 0 Å². The summed E-state index contributed by atoms with van der Waals surface area (Å²) >= 11 is 3.31. The molecule has 0 heterocycles. The lowest BCUT2D eigenvalue weighted by molar-refractivity contribution is 0.0137. The minimum Gasteiger partial charge on any atom is -0.496 e. The number of hydrogen-bond donors (Lipinski definition) is 3. The first kappa shape index (κ1) is 13.4. The van der Waals surface area contributed by atoms with Crippen LogP contribution in [0.4, 0.5) is 0 Å². The molecule has 0 fully saturated rings. The molecule has 1 rings (SSSR count). The van der Waals surface area contributed by atoms with Crippen molar-refractivity contribution in [2.24, 2.45) is 5.73 Å². The van der Waals surface area contributed by atoms with Gasteiger partial charge in [-0.3, -0.25) is 0 Å². The normalized spacial score (nSPS) is 14.6. The Morgan fingerprint density at radius 2 is 2.12 bits per heavy atom. The summed E-state index contributed by atoms with van der Waals surface area (Å²) in [7, 11) is 1.52. The topological polar surface area (TPSA) is 75.7 Å². The molecule has 5 heteroatoms. The second kappa shape index (κ2) is 6.20. The van der Waals surface area contributed by atoms with E-state index in [0.717, 1.165) is 4.47 Å². The van der Waals surface area contributed by atoms with E-state index in [1.165, 1.54) is 7.11 Å². The first-order valence-electron chi connectivity index (χ1n) is 4.99. The van der Waals surface area contributed by atoms with E-state index in [2.05, 4.69) is 15.9 Å². The van der Waals surface area contributed by atoms with Crippen LogP contribution in [0.3, 0.4) is 0 Å². The van der Waals surface area contributed by atoms with Gasteiger partial charge in [0, 0.05) is 10.0 Å². The molecule has 2 atom stereocenters.